The summed E-state index contributed by atoms with van der Waals surface area (Å²) in [5.74, 6) is -2.57. The second-order valence-electron chi connectivity index (χ2n) is 6.71. The standard InChI is InChI=1S/C20H23NO5/c21-20(14-22,18(25)26)13-19(17(23)24,11-15-7-3-1-4-8-15)12-16-9-5-2-6-10-16/h1-10,22H,11-14,21H2,(H,23,24)(H,25,26)/t20-/m1/s1. The number of aliphatic carboxylic acids is 2. The molecule has 0 amide bonds. The van der Waals surface area contributed by atoms with E-state index in [1.165, 1.54) is 0 Å². The number of carboxylic acids is 2. The van der Waals surface area contributed by atoms with Gasteiger partial charge in [-0.3, -0.25) is 9.59 Å². The molecule has 2 rings (SSSR count). The summed E-state index contributed by atoms with van der Waals surface area (Å²) < 4.78 is 0. The van der Waals surface area contributed by atoms with Crippen LogP contribution in [0.25, 0.3) is 0 Å². The average Bonchev–Trinajstić information content (AvgIpc) is 2.63. The Bertz CT molecular complexity index is 706. The average molecular weight is 357 g/mol. The van der Waals surface area contributed by atoms with E-state index >= 15 is 0 Å². The van der Waals surface area contributed by atoms with Gasteiger partial charge in [-0.15, -0.1) is 0 Å². The van der Waals surface area contributed by atoms with Crippen LogP contribution in [-0.4, -0.2) is 39.4 Å². The van der Waals surface area contributed by atoms with Crippen molar-refractivity contribution >= 4 is 11.9 Å². The lowest BCUT2D eigenvalue weighted by atomic mass is 9.69. The lowest BCUT2D eigenvalue weighted by Gasteiger charge is -2.36. The number of carboxylic acid groups (broad SMARTS) is 2. The molecule has 0 aliphatic rings. The number of hydrogen-bond donors (Lipinski definition) is 4. The van der Waals surface area contributed by atoms with Gasteiger partial charge < -0.3 is 21.1 Å². The normalized spacial score (nSPS) is 13.8. The maximum atomic E-state index is 12.3. The topological polar surface area (TPSA) is 121 Å². The number of aliphatic hydroxyl groups is 1. The zero-order chi connectivity index (χ0) is 19.2. The van der Waals surface area contributed by atoms with Gasteiger partial charge in [-0.2, -0.15) is 0 Å². The molecule has 5 N–H and O–H groups in total. The van der Waals surface area contributed by atoms with Crippen molar-refractivity contribution in [2.24, 2.45) is 11.1 Å². The van der Waals surface area contributed by atoms with Crippen molar-refractivity contribution in [3.8, 4) is 0 Å². The molecule has 2 aromatic rings. The first-order chi connectivity index (χ1) is 12.3. The third-order valence-corrected chi connectivity index (χ3v) is 4.59. The molecule has 0 saturated carbocycles. The highest BCUT2D eigenvalue weighted by atomic mass is 16.4. The summed E-state index contributed by atoms with van der Waals surface area (Å²) in [5.41, 5.74) is 3.87. The fourth-order valence-electron chi connectivity index (χ4n) is 3.19. The van der Waals surface area contributed by atoms with E-state index in [9.17, 15) is 24.9 Å². The Morgan fingerprint density at radius 2 is 1.23 bits per heavy atom. The second kappa shape index (κ2) is 8.12. The van der Waals surface area contributed by atoms with Crippen LogP contribution < -0.4 is 5.73 Å². The molecule has 0 unspecified atom stereocenters. The van der Waals surface area contributed by atoms with Gasteiger partial charge in [-0.05, 0) is 30.4 Å². The Balaban J connectivity index is 2.49. The van der Waals surface area contributed by atoms with E-state index in [2.05, 4.69) is 0 Å². The highest BCUT2D eigenvalue weighted by Crippen LogP contribution is 2.36. The number of carbonyl (C=O) groups is 2. The monoisotopic (exact) mass is 357 g/mol. The van der Waals surface area contributed by atoms with Gasteiger partial charge in [0, 0.05) is 0 Å². The van der Waals surface area contributed by atoms with Crippen LogP contribution in [0.5, 0.6) is 0 Å². The minimum atomic E-state index is -2.04. The quantitative estimate of drug-likeness (QED) is 0.542. The Hall–Kier alpha value is -2.70. The molecule has 0 fully saturated rings. The van der Waals surface area contributed by atoms with Gasteiger partial charge >= 0.3 is 11.9 Å². The zero-order valence-electron chi connectivity index (χ0n) is 14.3. The predicted octanol–water partition coefficient (Wildman–Crippen LogP) is 1.71. The molecule has 6 heteroatoms. The second-order valence-corrected chi connectivity index (χ2v) is 6.71. The molecule has 26 heavy (non-hydrogen) atoms. The van der Waals surface area contributed by atoms with Crippen LogP contribution in [0.2, 0.25) is 0 Å². The van der Waals surface area contributed by atoms with Gasteiger partial charge in [0.25, 0.3) is 0 Å². The molecular weight excluding hydrogens is 334 g/mol. The Morgan fingerprint density at radius 3 is 1.54 bits per heavy atom. The maximum absolute atomic E-state index is 12.3. The highest BCUT2D eigenvalue weighted by molar-refractivity contribution is 5.82. The summed E-state index contributed by atoms with van der Waals surface area (Å²) in [4.78, 5) is 23.9. The summed E-state index contributed by atoms with van der Waals surface area (Å²) in [7, 11) is 0. The molecule has 2 aromatic carbocycles. The first kappa shape index (κ1) is 19.6. The van der Waals surface area contributed by atoms with E-state index in [0.717, 1.165) is 11.1 Å². The van der Waals surface area contributed by atoms with E-state index in [0.29, 0.717) is 0 Å². The number of rotatable bonds is 9. The van der Waals surface area contributed by atoms with Crippen LogP contribution in [0, 0.1) is 5.41 Å². The van der Waals surface area contributed by atoms with E-state index in [1.807, 2.05) is 12.1 Å². The van der Waals surface area contributed by atoms with Gasteiger partial charge in [0.1, 0.15) is 5.54 Å². The van der Waals surface area contributed by atoms with Gasteiger partial charge in [0.05, 0.1) is 12.0 Å². The van der Waals surface area contributed by atoms with Crippen molar-refractivity contribution in [3.05, 3.63) is 71.8 Å². The van der Waals surface area contributed by atoms with Gasteiger partial charge in [0.15, 0.2) is 0 Å². The number of nitrogens with two attached hydrogens (primary N) is 1. The molecule has 0 radical (unpaired) electrons. The first-order valence-corrected chi connectivity index (χ1v) is 8.26. The van der Waals surface area contributed by atoms with Gasteiger partial charge in [-0.25, -0.2) is 0 Å². The van der Waals surface area contributed by atoms with E-state index < -0.39 is 35.9 Å². The van der Waals surface area contributed by atoms with Crippen molar-refractivity contribution in [2.75, 3.05) is 6.61 Å². The SMILES string of the molecule is N[C@@](CO)(CC(Cc1ccccc1)(Cc1ccccc1)C(=O)O)C(=O)O. The predicted molar refractivity (Wildman–Crippen MR) is 96.6 cm³/mol. The third kappa shape index (κ3) is 4.47. The third-order valence-electron chi connectivity index (χ3n) is 4.59. The lowest BCUT2D eigenvalue weighted by Crippen LogP contribution is -2.57. The van der Waals surface area contributed by atoms with Crippen LogP contribution in [0.15, 0.2) is 60.7 Å². The fraction of sp³-hybridized carbons (Fsp3) is 0.300. The molecule has 138 valence electrons. The lowest BCUT2D eigenvalue weighted by molar-refractivity contribution is -0.154. The number of hydrogen-bond acceptors (Lipinski definition) is 4. The number of benzene rings is 2. The van der Waals surface area contributed by atoms with Gasteiger partial charge in [0.2, 0.25) is 0 Å². The van der Waals surface area contributed by atoms with Crippen LogP contribution >= 0.6 is 0 Å². The Kier molecular flexibility index (Phi) is 6.13. The first-order valence-electron chi connectivity index (χ1n) is 8.26. The molecule has 0 spiro atoms. The molecule has 1 atom stereocenters. The number of aliphatic hydroxyl groups excluding tert-OH is 1. The van der Waals surface area contributed by atoms with Crippen LogP contribution in [0.3, 0.4) is 0 Å². The van der Waals surface area contributed by atoms with Crippen LogP contribution in [-0.2, 0) is 22.4 Å². The molecule has 0 saturated heterocycles. The van der Waals surface area contributed by atoms with Crippen molar-refractivity contribution in [1.82, 2.24) is 0 Å². The van der Waals surface area contributed by atoms with Crippen molar-refractivity contribution in [3.63, 3.8) is 0 Å². The van der Waals surface area contributed by atoms with Gasteiger partial charge in [-0.1, -0.05) is 60.7 Å². The van der Waals surface area contributed by atoms with Crippen LogP contribution in [0.4, 0.5) is 0 Å². The van der Waals surface area contributed by atoms with Crippen LogP contribution in [0.1, 0.15) is 17.5 Å². The summed E-state index contributed by atoms with van der Waals surface area (Å²) in [6, 6.07) is 18.0. The van der Waals surface area contributed by atoms with Crippen molar-refractivity contribution < 1.29 is 24.9 Å². The minimum absolute atomic E-state index is 0.101. The summed E-state index contributed by atoms with van der Waals surface area (Å²) in [5, 5.41) is 29.0. The highest BCUT2D eigenvalue weighted by Gasteiger charge is 2.48. The van der Waals surface area contributed by atoms with E-state index in [-0.39, 0.29) is 12.8 Å². The zero-order valence-corrected chi connectivity index (χ0v) is 14.3. The largest absolute Gasteiger partial charge is 0.481 e. The molecule has 0 heterocycles. The van der Waals surface area contributed by atoms with E-state index in [1.54, 1.807) is 48.5 Å². The molecule has 0 aromatic heterocycles. The molecule has 6 nitrogen and oxygen atoms in total. The smallest absolute Gasteiger partial charge is 0.326 e. The Labute approximate surface area is 151 Å². The Morgan fingerprint density at radius 1 is 0.808 bits per heavy atom. The molecule has 0 aliphatic heterocycles. The summed E-state index contributed by atoms with van der Waals surface area (Å²) in [6.07, 6.45) is -0.195. The molecular formula is C20H23NO5. The molecule has 0 bridgehead atoms. The maximum Gasteiger partial charge on any atom is 0.326 e. The van der Waals surface area contributed by atoms with Crippen molar-refractivity contribution in [1.29, 1.82) is 0 Å². The van der Waals surface area contributed by atoms with Crippen molar-refractivity contribution in [2.45, 2.75) is 24.8 Å². The summed E-state index contributed by atoms with van der Waals surface area (Å²) in [6.45, 7) is -0.846. The summed E-state index contributed by atoms with van der Waals surface area (Å²) >= 11 is 0. The minimum Gasteiger partial charge on any atom is -0.481 e. The van der Waals surface area contributed by atoms with E-state index in [4.69, 9.17) is 5.73 Å². The molecule has 0 aliphatic carbocycles. The fourth-order valence-corrected chi connectivity index (χ4v) is 3.19.